The average Bonchev–Trinajstić information content (AvgIpc) is 2.82. The highest BCUT2D eigenvalue weighted by atomic mass is 35.5. The van der Waals surface area contributed by atoms with Gasteiger partial charge in [0.25, 0.3) is 11.8 Å². The third-order valence-electron chi connectivity index (χ3n) is 5.31. The lowest BCUT2D eigenvalue weighted by Crippen LogP contribution is -2.54. The maximum Gasteiger partial charge on any atom is 0.335 e. The zero-order valence-corrected chi connectivity index (χ0v) is 20.3. The summed E-state index contributed by atoms with van der Waals surface area (Å²) >= 11 is 12.2. The topological polar surface area (TPSA) is 84.9 Å². The molecule has 35 heavy (non-hydrogen) atoms. The molecular weight excluding hydrogens is 491 g/mol. The lowest BCUT2D eigenvalue weighted by Gasteiger charge is -2.26. The number of hydrogen-bond acceptors (Lipinski definition) is 5. The van der Waals surface area contributed by atoms with Gasteiger partial charge in [-0.25, -0.2) is 9.69 Å². The number of anilines is 1. The fourth-order valence-electron chi connectivity index (χ4n) is 3.42. The van der Waals surface area contributed by atoms with E-state index in [9.17, 15) is 14.4 Å². The first-order chi connectivity index (χ1) is 16.8. The molecule has 0 saturated carbocycles. The average molecular weight is 511 g/mol. The van der Waals surface area contributed by atoms with E-state index < -0.39 is 17.8 Å². The molecule has 4 amide bonds. The summed E-state index contributed by atoms with van der Waals surface area (Å²) in [4.78, 5) is 39.2. The van der Waals surface area contributed by atoms with Crippen LogP contribution in [-0.2, 0) is 16.2 Å². The van der Waals surface area contributed by atoms with Crippen LogP contribution in [0.3, 0.4) is 0 Å². The molecule has 0 atom stereocenters. The van der Waals surface area contributed by atoms with Crippen molar-refractivity contribution in [2.75, 3.05) is 12.0 Å². The van der Waals surface area contributed by atoms with Crippen molar-refractivity contribution < 1.29 is 23.9 Å². The lowest BCUT2D eigenvalue weighted by molar-refractivity contribution is -0.122. The van der Waals surface area contributed by atoms with Crippen molar-refractivity contribution in [3.05, 3.63) is 93.0 Å². The highest BCUT2D eigenvalue weighted by Crippen LogP contribution is 2.30. The molecule has 9 heteroatoms. The number of halogens is 2. The molecular formula is C26H20Cl2N2O5. The number of ether oxygens (including phenoxy) is 2. The van der Waals surface area contributed by atoms with Crippen molar-refractivity contribution in [2.45, 2.75) is 13.5 Å². The smallest absolute Gasteiger partial charge is 0.335 e. The molecule has 1 aliphatic heterocycles. The number of carbonyl (C=O) groups excluding carboxylic acids is 3. The Hall–Kier alpha value is -3.81. The van der Waals surface area contributed by atoms with Gasteiger partial charge in [0.15, 0.2) is 0 Å². The van der Waals surface area contributed by atoms with Crippen molar-refractivity contribution in [1.29, 1.82) is 0 Å². The Morgan fingerprint density at radius 3 is 2.40 bits per heavy atom. The molecule has 178 valence electrons. The number of carbonyl (C=O) groups is 3. The fraction of sp³-hybridized carbons (Fsp3) is 0.115. The number of nitrogens with zero attached hydrogens (tertiary/aromatic N) is 1. The van der Waals surface area contributed by atoms with E-state index in [1.165, 1.54) is 13.2 Å². The Bertz CT molecular complexity index is 1350. The second kappa shape index (κ2) is 10.2. The molecule has 3 aromatic carbocycles. The maximum atomic E-state index is 13.2. The van der Waals surface area contributed by atoms with Crippen LogP contribution in [0.2, 0.25) is 10.0 Å². The predicted octanol–water partition coefficient (Wildman–Crippen LogP) is 5.56. The van der Waals surface area contributed by atoms with Crippen LogP contribution in [0.15, 0.2) is 66.2 Å². The molecule has 4 rings (SSSR count). The minimum Gasteiger partial charge on any atom is -0.497 e. The Morgan fingerprint density at radius 2 is 1.71 bits per heavy atom. The Morgan fingerprint density at radius 1 is 0.971 bits per heavy atom. The van der Waals surface area contributed by atoms with Gasteiger partial charge in [-0.05, 0) is 49.4 Å². The summed E-state index contributed by atoms with van der Waals surface area (Å²) in [6, 6.07) is 16.0. The minimum atomic E-state index is -0.815. The van der Waals surface area contributed by atoms with E-state index in [2.05, 4.69) is 5.32 Å². The molecule has 0 unspecified atom stereocenters. The van der Waals surface area contributed by atoms with Crippen molar-refractivity contribution in [2.24, 2.45) is 0 Å². The van der Waals surface area contributed by atoms with Crippen LogP contribution in [0.4, 0.5) is 10.5 Å². The minimum absolute atomic E-state index is 0.105. The van der Waals surface area contributed by atoms with E-state index >= 15 is 0 Å². The van der Waals surface area contributed by atoms with E-state index in [1.807, 2.05) is 6.92 Å². The van der Waals surface area contributed by atoms with Gasteiger partial charge in [-0.1, -0.05) is 47.0 Å². The number of benzene rings is 3. The van der Waals surface area contributed by atoms with E-state index in [0.717, 1.165) is 10.5 Å². The molecule has 0 aliphatic carbocycles. The number of imide groups is 2. The molecule has 3 aromatic rings. The van der Waals surface area contributed by atoms with Crippen molar-refractivity contribution in [3.63, 3.8) is 0 Å². The van der Waals surface area contributed by atoms with Crippen molar-refractivity contribution >= 4 is 52.8 Å². The second-order valence-electron chi connectivity index (χ2n) is 7.72. The number of urea groups is 1. The molecule has 0 spiro atoms. The van der Waals surface area contributed by atoms with E-state index in [1.54, 1.807) is 60.7 Å². The molecule has 1 saturated heterocycles. The number of barbiturate groups is 1. The molecule has 0 radical (unpaired) electrons. The summed E-state index contributed by atoms with van der Waals surface area (Å²) in [7, 11) is 1.51. The molecule has 1 fully saturated rings. The van der Waals surface area contributed by atoms with Crippen LogP contribution in [0.1, 0.15) is 16.7 Å². The van der Waals surface area contributed by atoms with Gasteiger partial charge >= 0.3 is 6.03 Å². The number of nitrogens with one attached hydrogen (secondary N) is 1. The number of amides is 4. The fourth-order valence-corrected chi connectivity index (χ4v) is 3.88. The highest BCUT2D eigenvalue weighted by molar-refractivity contribution is 6.39. The normalized spacial score (nSPS) is 14.8. The standard InChI is InChI=1S/C26H20Cl2N2O5/c1-15-3-8-19(9-4-15)30-25(32)21(24(31)29-26(30)33)11-16-6-10-20(34-2)13-23(16)35-14-17-5-7-18(27)12-22(17)28/h3-13H,14H2,1-2H3,(H,29,31,33)/b21-11+. The quantitative estimate of drug-likeness (QED) is 0.346. The zero-order chi connectivity index (χ0) is 25.1. The second-order valence-corrected chi connectivity index (χ2v) is 8.57. The summed E-state index contributed by atoms with van der Waals surface area (Å²) in [6.07, 6.45) is 1.38. The summed E-state index contributed by atoms with van der Waals surface area (Å²) in [6.45, 7) is 1.99. The Balaban J connectivity index is 1.68. The van der Waals surface area contributed by atoms with Gasteiger partial charge < -0.3 is 9.47 Å². The molecule has 1 N–H and O–H groups in total. The molecule has 7 nitrogen and oxygen atoms in total. The lowest BCUT2D eigenvalue weighted by atomic mass is 10.1. The maximum absolute atomic E-state index is 13.2. The van der Waals surface area contributed by atoms with Gasteiger partial charge in [0, 0.05) is 27.2 Å². The Kier molecular flexibility index (Phi) is 7.10. The van der Waals surface area contributed by atoms with E-state index in [4.69, 9.17) is 32.7 Å². The first-order valence-electron chi connectivity index (χ1n) is 10.5. The van der Waals surface area contributed by atoms with Crippen LogP contribution in [-0.4, -0.2) is 25.0 Å². The Labute approximate surface area is 211 Å². The predicted molar refractivity (Wildman–Crippen MR) is 134 cm³/mol. The summed E-state index contributed by atoms with van der Waals surface area (Å²) in [5.74, 6) is -0.682. The van der Waals surface area contributed by atoms with Gasteiger partial charge in [-0.3, -0.25) is 14.9 Å². The summed E-state index contributed by atoms with van der Waals surface area (Å²) in [5, 5.41) is 3.16. The first kappa shape index (κ1) is 24.3. The first-order valence-corrected chi connectivity index (χ1v) is 11.3. The van der Waals surface area contributed by atoms with Gasteiger partial charge in [0.1, 0.15) is 23.7 Å². The van der Waals surface area contributed by atoms with Crippen molar-refractivity contribution in [3.8, 4) is 11.5 Å². The molecule has 0 aromatic heterocycles. The number of methoxy groups -OCH3 is 1. The van der Waals surface area contributed by atoms with Crippen LogP contribution in [0.5, 0.6) is 11.5 Å². The van der Waals surface area contributed by atoms with Gasteiger partial charge in [-0.2, -0.15) is 0 Å². The highest BCUT2D eigenvalue weighted by Gasteiger charge is 2.37. The summed E-state index contributed by atoms with van der Waals surface area (Å²) in [5.41, 5.74) is 2.23. The molecule has 1 heterocycles. The van der Waals surface area contributed by atoms with Crippen molar-refractivity contribution in [1.82, 2.24) is 5.32 Å². The SMILES string of the molecule is COc1ccc(/C=C2\C(=O)NC(=O)N(c3ccc(C)cc3)C2=O)c(OCc2ccc(Cl)cc2Cl)c1. The van der Waals surface area contributed by atoms with Gasteiger partial charge in [0.05, 0.1) is 12.8 Å². The van der Waals surface area contributed by atoms with E-state index in [-0.39, 0.29) is 12.2 Å². The van der Waals surface area contributed by atoms with Crippen LogP contribution in [0.25, 0.3) is 6.08 Å². The van der Waals surface area contributed by atoms with Crippen LogP contribution >= 0.6 is 23.2 Å². The number of hydrogen-bond donors (Lipinski definition) is 1. The van der Waals surface area contributed by atoms with Crippen LogP contribution in [0, 0.1) is 6.92 Å². The molecule has 1 aliphatic rings. The molecule has 0 bridgehead atoms. The number of rotatable bonds is 6. The monoisotopic (exact) mass is 510 g/mol. The third kappa shape index (κ3) is 5.31. The third-order valence-corrected chi connectivity index (χ3v) is 5.90. The zero-order valence-electron chi connectivity index (χ0n) is 18.8. The summed E-state index contributed by atoms with van der Waals surface area (Å²) < 4.78 is 11.3. The van der Waals surface area contributed by atoms with Gasteiger partial charge in [-0.15, -0.1) is 0 Å². The number of aryl methyl sites for hydroxylation is 1. The van der Waals surface area contributed by atoms with Crippen LogP contribution < -0.4 is 19.7 Å². The largest absolute Gasteiger partial charge is 0.497 e. The van der Waals surface area contributed by atoms with Gasteiger partial charge in [0.2, 0.25) is 0 Å². The van der Waals surface area contributed by atoms with E-state index in [0.29, 0.717) is 38.4 Å².